The van der Waals surface area contributed by atoms with E-state index in [2.05, 4.69) is 0 Å². The van der Waals surface area contributed by atoms with E-state index in [1.54, 1.807) is 24.3 Å². The average Bonchev–Trinajstić information content (AvgIpc) is 2.30. The molecule has 0 aliphatic rings. The van der Waals surface area contributed by atoms with Gasteiger partial charge in [-0.15, -0.1) is 0 Å². The highest BCUT2D eigenvalue weighted by molar-refractivity contribution is 6.34. The van der Waals surface area contributed by atoms with E-state index in [-0.39, 0.29) is 25.4 Å². The summed E-state index contributed by atoms with van der Waals surface area (Å²) in [6.45, 7) is 0.109. The van der Waals surface area contributed by atoms with Crippen molar-refractivity contribution in [1.82, 2.24) is 4.90 Å². The van der Waals surface area contributed by atoms with Crippen LogP contribution in [0.5, 0.6) is 0 Å². The largest absolute Gasteiger partial charge is 0.293 e. The molecule has 5 heteroatoms. The van der Waals surface area contributed by atoms with Gasteiger partial charge in [-0.2, -0.15) is 10.5 Å². The number of nitrogens with zero attached hydrogens (tertiary/aromatic N) is 3. The second kappa shape index (κ2) is 6.65. The van der Waals surface area contributed by atoms with E-state index in [9.17, 15) is 4.79 Å². The Morgan fingerprint density at radius 1 is 1.24 bits per heavy atom. The van der Waals surface area contributed by atoms with Crippen LogP contribution >= 0.6 is 11.6 Å². The van der Waals surface area contributed by atoms with Crippen molar-refractivity contribution in [2.24, 2.45) is 0 Å². The van der Waals surface area contributed by atoms with Gasteiger partial charge in [0.15, 0.2) is 5.78 Å². The fraction of sp³-hybridized carbons (Fsp3) is 0.250. The molecule has 0 fully saturated rings. The number of Topliss-reactive ketones (excluding diaryl/α,β-unsaturated/α-hetero) is 1. The summed E-state index contributed by atoms with van der Waals surface area (Å²) in [5.41, 5.74) is 0.412. The van der Waals surface area contributed by atoms with E-state index in [0.717, 1.165) is 0 Å². The molecule has 17 heavy (non-hydrogen) atoms. The third-order valence-electron chi connectivity index (χ3n) is 2.13. The molecular weight excluding hydrogens is 238 g/mol. The first kappa shape index (κ1) is 13.2. The maximum atomic E-state index is 11.9. The van der Waals surface area contributed by atoms with Crippen molar-refractivity contribution >= 4 is 17.4 Å². The molecule has 0 unspecified atom stereocenters. The smallest absolute Gasteiger partial charge is 0.178 e. The molecule has 0 N–H and O–H groups in total. The Kier molecular flexibility index (Phi) is 5.16. The third-order valence-corrected chi connectivity index (χ3v) is 2.46. The van der Waals surface area contributed by atoms with Gasteiger partial charge in [0.25, 0.3) is 0 Å². The Hall–Kier alpha value is -1.88. The van der Waals surface area contributed by atoms with Crippen molar-refractivity contribution in [3.05, 3.63) is 34.9 Å². The number of carbonyl (C=O) groups is 1. The molecule has 1 aromatic carbocycles. The van der Waals surface area contributed by atoms with E-state index < -0.39 is 0 Å². The van der Waals surface area contributed by atoms with Crippen LogP contribution in [0, 0.1) is 22.7 Å². The predicted octanol–water partition coefficient (Wildman–Crippen LogP) is 1.87. The topological polar surface area (TPSA) is 67.9 Å². The molecule has 0 aliphatic carbocycles. The maximum Gasteiger partial charge on any atom is 0.178 e. The summed E-state index contributed by atoms with van der Waals surface area (Å²) in [4.78, 5) is 13.3. The minimum absolute atomic E-state index is 0.0187. The molecule has 86 valence electrons. The average molecular weight is 248 g/mol. The Bertz CT molecular complexity index is 471. The van der Waals surface area contributed by atoms with E-state index in [1.807, 2.05) is 12.1 Å². The SMILES string of the molecule is N#CCN(CC#N)CC(=O)c1ccccc1Cl. The molecule has 0 saturated carbocycles. The summed E-state index contributed by atoms with van der Waals surface area (Å²) < 4.78 is 0. The Balaban J connectivity index is 2.75. The van der Waals surface area contributed by atoms with Gasteiger partial charge in [0, 0.05) is 5.56 Å². The maximum absolute atomic E-state index is 11.9. The highest BCUT2D eigenvalue weighted by atomic mass is 35.5. The van der Waals surface area contributed by atoms with Crippen LogP contribution in [0.2, 0.25) is 5.02 Å². The number of nitriles is 2. The van der Waals surface area contributed by atoms with Gasteiger partial charge in [0.2, 0.25) is 0 Å². The number of halogens is 1. The van der Waals surface area contributed by atoms with Crippen molar-refractivity contribution < 1.29 is 4.79 Å². The number of carbonyl (C=O) groups excluding carboxylic acids is 1. The molecular formula is C12H10ClN3O. The van der Waals surface area contributed by atoms with Gasteiger partial charge in [0.1, 0.15) is 0 Å². The van der Waals surface area contributed by atoms with Crippen LogP contribution in [-0.4, -0.2) is 30.3 Å². The zero-order valence-corrected chi connectivity index (χ0v) is 9.81. The summed E-state index contributed by atoms with van der Waals surface area (Å²) in [5.74, 6) is -0.193. The van der Waals surface area contributed by atoms with E-state index >= 15 is 0 Å². The third kappa shape index (κ3) is 3.88. The van der Waals surface area contributed by atoms with Gasteiger partial charge in [-0.1, -0.05) is 23.7 Å². The first-order chi connectivity index (χ1) is 8.19. The standard InChI is InChI=1S/C12H10ClN3O/c13-11-4-2-1-3-10(11)12(17)9-16(7-5-14)8-6-15/h1-4H,7-9H2. The van der Waals surface area contributed by atoms with Crippen LogP contribution in [-0.2, 0) is 0 Å². The molecule has 1 rings (SSSR count). The molecule has 0 atom stereocenters. The van der Waals surface area contributed by atoms with Crippen LogP contribution < -0.4 is 0 Å². The first-order valence-electron chi connectivity index (χ1n) is 4.93. The fourth-order valence-corrected chi connectivity index (χ4v) is 1.58. The summed E-state index contributed by atoms with van der Waals surface area (Å²) in [6.07, 6.45) is 0. The normalized spacial score (nSPS) is 9.65. The number of ketones is 1. The molecule has 1 aromatic rings. The van der Waals surface area contributed by atoms with E-state index in [0.29, 0.717) is 10.6 Å². The molecule has 0 spiro atoms. The van der Waals surface area contributed by atoms with Crippen LogP contribution in [0.1, 0.15) is 10.4 Å². The van der Waals surface area contributed by atoms with Gasteiger partial charge in [0.05, 0.1) is 36.8 Å². The minimum Gasteiger partial charge on any atom is -0.293 e. The Labute approximate surface area is 105 Å². The number of hydrogen-bond donors (Lipinski definition) is 0. The first-order valence-corrected chi connectivity index (χ1v) is 5.30. The Morgan fingerprint density at radius 2 is 1.82 bits per heavy atom. The molecule has 0 bridgehead atoms. The molecule has 0 amide bonds. The fourth-order valence-electron chi connectivity index (χ4n) is 1.34. The van der Waals surface area contributed by atoms with Crippen molar-refractivity contribution in [3.8, 4) is 12.1 Å². The van der Waals surface area contributed by atoms with Crippen molar-refractivity contribution in [1.29, 1.82) is 10.5 Å². The quantitative estimate of drug-likeness (QED) is 0.588. The molecule has 0 heterocycles. The lowest BCUT2D eigenvalue weighted by atomic mass is 10.1. The van der Waals surface area contributed by atoms with Gasteiger partial charge in [-0.25, -0.2) is 0 Å². The van der Waals surface area contributed by atoms with Gasteiger partial charge in [-0.3, -0.25) is 9.69 Å². The lowest BCUT2D eigenvalue weighted by molar-refractivity contribution is 0.0946. The molecule has 0 aliphatic heterocycles. The molecule has 4 nitrogen and oxygen atoms in total. The zero-order chi connectivity index (χ0) is 12.7. The number of hydrogen-bond acceptors (Lipinski definition) is 4. The highest BCUT2D eigenvalue weighted by Crippen LogP contribution is 2.15. The van der Waals surface area contributed by atoms with Gasteiger partial charge in [-0.05, 0) is 12.1 Å². The van der Waals surface area contributed by atoms with Crippen molar-refractivity contribution in [2.75, 3.05) is 19.6 Å². The summed E-state index contributed by atoms with van der Waals surface area (Å²) >= 11 is 5.89. The summed E-state index contributed by atoms with van der Waals surface area (Å²) in [5, 5.41) is 17.5. The molecule has 0 saturated heterocycles. The Morgan fingerprint density at radius 3 is 2.35 bits per heavy atom. The van der Waals surface area contributed by atoms with Gasteiger partial charge < -0.3 is 0 Å². The number of rotatable bonds is 5. The highest BCUT2D eigenvalue weighted by Gasteiger charge is 2.14. The summed E-state index contributed by atoms with van der Waals surface area (Å²) in [7, 11) is 0. The molecule has 0 aromatic heterocycles. The second-order valence-corrected chi connectivity index (χ2v) is 3.77. The zero-order valence-electron chi connectivity index (χ0n) is 9.06. The van der Waals surface area contributed by atoms with E-state index in [4.69, 9.17) is 22.1 Å². The van der Waals surface area contributed by atoms with Crippen LogP contribution in [0.25, 0.3) is 0 Å². The predicted molar refractivity (Wildman–Crippen MR) is 63.4 cm³/mol. The lowest BCUT2D eigenvalue weighted by Crippen LogP contribution is -2.30. The number of benzene rings is 1. The van der Waals surface area contributed by atoms with E-state index in [1.165, 1.54) is 4.90 Å². The van der Waals surface area contributed by atoms with Crippen LogP contribution in [0.4, 0.5) is 0 Å². The minimum atomic E-state index is -0.193. The monoisotopic (exact) mass is 247 g/mol. The second-order valence-electron chi connectivity index (χ2n) is 3.36. The van der Waals surface area contributed by atoms with Crippen molar-refractivity contribution in [2.45, 2.75) is 0 Å². The van der Waals surface area contributed by atoms with Crippen LogP contribution in [0.3, 0.4) is 0 Å². The summed E-state index contributed by atoms with van der Waals surface area (Å²) in [6, 6.07) is 10.5. The van der Waals surface area contributed by atoms with Gasteiger partial charge >= 0.3 is 0 Å². The van der Waals surface area contributed by atoms with Crippen molar-refractivity contribution in [3.63, 3.8) is 0 Å². The lowest BCUT2D eigenvalue weighted by Gasteiger charge is -2.14. The molecule has 0 radical (unpaired) electrons. The van der Waals surface area contributed by atoms with Crippen LogP contribution in [0.15, 0.2) is 24.3 Å².